The van der Waals surface area contributed by atoms with E-state index in [0.29, 0.717) is 5.41 Å². The summed E-state index contributed by atoms with van der Waals surface area (Å²) in [6.07, 6.45) is 2.77. The highest BCUT2D eigenvalue weighted by atomic mass is 15.2. The van der Waals surface area contributed by atoms with Crippen LogP contribution in [0.25, 0.3) is 0 Å². The Morgan fingerprint density at radius 2 is 1.93 bits per heavy atom. The lowest BCUT2D eigenvalue weighted by atomic mass is 9.95. The minimum Gasteiger partial charge on any atom is -0.369 e. The molecule has 70 valence electrons. The summed E-state index contributed by atoms with van der Waals surface area (Å²) in [5, 5.41) is 8.96. The minimum absolute atomic E-state index is 0.655. The van der Waals surface area contributed by atoms with Crippen LogP contribution in [0.15, 0.2) is 24.3 Å². The van der Waals surface area contributed by atoms with Gasteiger partial charge in [0.15, 0.2) is 0 Å². The second kappa shape index (κ2) is 2.51. The molecule has 0 bridgehead atoms. The van der Waals surface area contributed by atoms with Gasteiger partial charge in [-0.15, -0.1) is 0 Å². The average Bonchev–Trinajstić information content (AvgIpc) is 2.95. The van der Waals surface area contributed by atoms with Gasteiger partial charge in [0.1, 0.15) is 6.07 Å². The maximum Gasteiger partial charge on any atom is 0.101 e. The quantitative estimate of drug-likeness (QED) is 0.668. The summed E-state index contributed by atoms with van der Waals surface area (Å²) in [4.78, 5) is 2.32. The third-order valence-electron chi connectivity index (χ3n) is 3.37. The Kier molecular flexibility index (Phi) is 1.41. The first-order chi connectivity index (χ1) is 6.83. The Labute approximate surface area is 83.8 Å². The zero-order chi connectivity index (χ0) is 9.60. The molecule has 2 aliphatic rings. The van der Waals surface area contributed by atoms with Crippen molar-refractivity contribution in [1.82, 2.24) is 0 Å². The lowest BCUT2D eigenvalue weighted by Gasteiger charge is -2.42. The molecular weight excluding hydrogens is 172 g/mol. The SMILES string of the molecule is N#Cc1ccccc1N1CC2(CC2)C1. The summed E-state index contributed by atoms with van der Waals surface area (Å²) >= 11 is 0. The number of para-hydroxylation sites is 1. The maximum atomic E-state index is 8.96. The first-order valence-corrected chi connectivity index (χ1v) is 5.07. The van der Waals surface area contributed by atoms with Crippen molar-refractivity contribution in [2.45, 2.75) is 12.8 Å². The van der Waals surface area contributed by atoms with Crippen LogP contribution in [0.3, 0.4) is 0 Å². The molecule has 0 aromatic heterocycles. The monoisotopic (exact) mass is 184 g/mol. The van der Waals surface area contributed by atoms with Gasteiger partial charge in [0.05, 0.1) is 11.3 Å². The van der Waals surface area contributed by atoms with Crippen LogP contribution in [0.5, 0.6) is 0 Å². The topological polar surface area (TPSA) is 27.0 Å². The second-order valence-electron chi connectivity index (χ2n) is 4.49. The molecule has 2 heteroatoms. The third kappa shape index (κ3) is 1.02. The molecule has 1 spiro atoms. The molecule has 2 fully saturated rings. The molecule has 3 rings (SSSR count). The lowest BCUT2D eigenvalue weighted by Crippen LogP contribution is -2.48. The van der Waals surface area contributed by atoms with E-state index in [4.69, 9.17) is 5.26 Å². The van der Waals surface area contributed by atoms with Gasteiger partial charge in [0.25, 0.3) is 0 Å². The Hall–Kier alpha value is -1.49. The first kappa shape index (κ1) is 7.87. The third-order valence-corrected chi connectivity index (χ3v) is 3.37. The van der Waals surface area contributed by atoms with Crippen LogP contribution in [0.1, 0.15) is 18.4 Å². The van der Waals surface area contributed by atoms with Crippen molar-refractivity contribution in [2.75, 3.05) is 18.0 Å². The van der Waals surface area contributed by atoms with Gasteiger partial charge in [-0.2, -0.15) is 5.26 Å². The van der Waals surface area contributed by atoms with Crippen LogP contribution >= 0.6 is 0 Å². The van der Waals surface area contributed by atoms with E-state index in [2.05, 4.69) is 11.0 Å². The van der Waals surface area contributed by atoms with Crippen molar-refractivity contribution in [2.24, 2.45) is 5.41 Å². The van der Waals surface area contributed by atoms with E-state index >= 15 is 0 Å². The van der Waals surface area contributed by atoms with Crippen LogP contribution in [-0.4, -0.2) is 13.1 Å². The van der Waals surface area contributed by atoms with Gasteiger partial charge in [0, 0.05) is 18.5 Å². The summed E-state index contributed by atoms with van der Waals surface area (Å²) in [5.74, 6) is 0. The minimum atomic E-state index is 0.655. The van der Waals surface area contributed by atoms with Crippen LogP contribution in [0.2, 0.25) is 0 Å². The number of nitrogens with zero attached hydrogens (tertiary/aromatic N) is 2. The highest BCUT2D eigenvalue weighted by molar-refractivity contribution is 5.61. The Balaban J connectivity index is 1.86. The summed E-state index contributed by atoms with van der Waals surface area (Å²) in [6.45, 7) is 2.32. The highest BCUT2D eigenvalue weighted by Gasteiger charge is 2.52. The standard InChI is InChI=1S/C12H12N2/c13-7-10-3-1-2-4-11(10)14-8-12(9-14)5-6-12/h1-4H,5-6,8-9H2. The van der Waals surface area contributed by atoms with Gasteiger partial charge in [-0.1, -0.05) is 12.1 Å². The fourth-order valence-corrected chi connectivity index (χ4v) is 2.27. The van der Waals surface area contributed by atoms with Crippen LogP contribution < -0.4 is 4.90 Å². The molecule has 0 unspecified atom stereocenters. The number of hydrogen-bond acceptors (Lipinski definition) is 2. The van der Waals surface area contributed by atoms with Gasteiger partial charge in [-0.05, 0) is 25.0 Å². The second-order valence-corrected chi connectivity index (χ2v) is 4.49. The van der Waals surface area contributed by atoms with Crippen LogP contribution in [-0.2, 0) is 0 Å². The first-order valence-electron chi connectivity index (χ1n) is 5.07. The predicted octanol–water partition coefficient (Wildman–Crippen LogP) is 2.16. The van der Waals surface area contributed by atoms with Crippen molar-refractivity contribution in [3.8, 4) is 6.07 Å². The van der Waals surface area contributed by atoms with Crippen molar-refractivity contribution in [3.05, 3.63) is 29.8 Å². The van der Waals surface area contributed by atoms with Gasteiger partial charge in [-0.3, -0.25) is 0 Å². The summed E-state index contributed by atoms with van der Waals surface area (Å²) in [7, 11) is 0. The fraction of sp³-hybridized carbons (Fsp3) is 0.417. The Morgan fingerprint density at radius 3 is 2.57 bits per heavy atom. The van der Waals surface area contributed by atoms with Crippen molar-refractivity contribution in [1.29, 1.82) is 5.26 Å². The fourth-order valence-electron chi connectivity index (χ4n) is 2.27. The van der Waals surface area contributed by atoms with Gasteiger partial charge < -0.3 is 4.90 Å². The van der Waals surface area contributed by atoms with Gasteiger partial charge in [-0.25, -0.2) is 0 Å². The zero-order valence-corrected chi connectivity index (χ0v) is 8.03. The molecule has 1 aromatic rings. The molecule has 0 radical (unpaired) electrons. The van der Waals surface area contributed by atoms with Crippen molar-refractivity contribution < 1.29 is 0 Å². The van der Waals surface area contributed by atoms with Gasteiger partial charge in [0.2, 0.25) is 0 Å². The normalized spacial score (nSPS) is 21.5. The van der Waals surface area contributed by atoms with Crippen molar-refractivity contribution >= 4 is 5.69 Å². The molecule has 1 saturated heterocycles. The Morgan fingerprint density at radius 1 is 1.21 bits per heavy atom. The smallest absolute Gasteiger partial charge is 0.101 e. The molecule has 1 heterocycles. The van der Waals surface area contributed by atoms with E-state index in [1.807, 2.05) is 24.3 Å². The average molecular weight is 184 g/mol. The van der Waals surface area contributed by atoms with E-state index < -0.39 is 0 Å². The highest BCUT2D eigenvalue weighted by Crippen LogP contribution is 2.54. The molecule has 14 heavy (non-hydrogen) atoms. The number of anilines is 1. The van der Waals surface area contributed by atoms with E-state index in [-0.39, 0.29) is 0 Å². The zero-order valence-electron chi connectivity index (χ0n) is 8.03. The van der Waals surface area contributed by atoms with Crippen molar-refractivity contribution in [3.63, 3.8) is 0 Å². The molecule has 2 nitrogen and oxygen atoms in total. The van der Waals surface area contributed by atoms with Gasteiger partial charge >= 0.3 is 0 Å². The lowest BCUT2D eigenvalue weighted by molar-refractivity contribution is 0.387. The predicted molar refractivity (Wildman–Crippen MR) is 55.0 cm³/mol. The summed E-state index contributed by atoms with van der Waals surface area (Å²) < 4.78 is 0. The maximum absolute atomic E-state index is 8.96. The molecule has 1 aromatic carbocycles. The molecule has 1 aliphatic heterocycles. The van der Waals surface area contributed by atoms with E-state index in [0.717, 1.165) is 24.3 Å². The molecular formula is C12H12N2. The van der Waals surface area contributed by atoms with E-state index in [1.165, 1.54) is 12.8 Å². The molecule has 0 atom stereocenters. The number of nitriles is 1. The molecule has 1 saturated carbocycles. The van der Waals surface area contributed by atoms with Crippen LogP contribution in [0.4, 0.5) is 5.69 Å². The Bertz CT molecular complexity index is 405. The summed E-state index contributed by atoms with van der Waals surface area (Å²) in [6, 6.07) is 10.1. The molecule has 0 N–H and O–H groups in total. The number of benzene rings is 1. The largest absolute Gasteiger partial charge is 0.369 e. The number of hydrogen-bond donors (Lipinski definition) is 0. The number of rotatable bonds is 1. The van der Waals surface area contributed by atoms with E-state index in [9.17, 15) is 0 Å². The molecule has 1 aliphatic carbocycles. The van der Waals surface area contributed by atoms with E-state index in [1.54, 1.807) is 0 Å². The van der Waals surface area contributed by atoms with Crippen LogP contribution in [0, 0.1) is 16.7 Å². The summed E-state index contributed by atoms with van der Waals surface area (Å²) in [5.41, 5.74) is 2.58. The molecule has 0 amide bonds.